The van der Waals surface area contributed by atoms with Crippen molar-refractivity contribution >= 4 is 38.4 Å². The highest BCUT2D eigenvalue weighted by Gasteiger charge is 2.21. The Morgan fingerprint density at radius 3 is 2.82 bits per heavy atom. The molecule has 4 aromatic rings. The summed E-state index contributed by atoms with van der Waals surface area (Å²) in [5.74, 6) is 0.794. The maximum atomic E-state index is 13.5. The summed E-state index contributed by atoms with van der Waals surface area (Å²) >= 11 is 1.53. The zero-order valence-corrected chi connectivity index (χ0v) is 16.6. The van der Waals surface area contributed by atoms with Gasteiger partial charge in [0.1, 0.15) is 11.6 Å². The number of carbonyl (C=O) groups excluding carboxylic acids is 1. The number of rotatable bonds is 6. The molecule has 0 aliphatic carbocycles. The van der Waals surface area contributed by atoms with Gasteiger partial charge in [-0.2, -0.15) is 0 Å². The zero-order valence-electron chi connectivity index (χ0n) is 15.8. The number of hydrogen-bond donors (Lipinski definition) is 2. The number of fused-ring (bicyclic) bond motifs is 2. The van der Waals surface area contributed by atoms with E-state index >= 15 is 0 Å². The highest BCUT2D eigenvalue weighted by molar-refractivity contribution is 7.19. The lowest BCUT2D eigenvalue weighted by atomic mass is 10.0. The minimum absolute atomic E-state index is 0.0113. The Hall–Kier alpha value is -2.73. The van der Waals surface area contributed by atoms with Crippen molar-refractivity contribution in [3.63, 3.8) is 0 Å². The number of imidazole rings is 1. The molecule has 144 valence electrons. The molecular formula is C22H22FN3OS. The predicted octanol–water partition coefficient (Wildman–Crippen LogP) is 5.36. The van der Waals surface area contributed by atoms with Gasteiger partial charge in [-0.3, -0.25) is 4.79 Å². The van der Waals surface area contributed by atoms with Crippen molar-refractivity contribution in [1.82, 2.24) is 15.3 Å². The number of nitrogens with one attached hydrogen (secondary N) is 2. The van der Waals surface area contributed by atoms with Gasteiger partial charge in [0.25, 0.3) is 0 Å². The van der Waals surface area contributed by atoms with Crippen LogP contribution < -0.4 is 5.32 Å². The topological polar surface area (TPSA) is 57.8 Å². The second-order valence-electron chi connectivity index (χ2n) is 7.32. The summed E-state index contributed by atoms with van der Waals surface area (Å²) in [6.07, 6.45) is 0.922. The highest BCUT2D eigenvalue weighted by atomic mass is 32.1. The van der Waals surface area contributed by atoms with Crippen LogP contribution in [0.25, 0.3) is 21.1 Å². The zero-order chi connectivity index (χ0) is 19.7. The molecule has 2 N–H and O–H groups in total. The molecule has 1 unspecified atom stereocenters. The van der Waals surface area contributed by atoms with E-state index in [-0.39, 0.29) is 23.7 Å². The van der Waals surface area contributed by atoms with Gasteiger partial charge in [-0.15, -0.1) is 11.3 Å². The van der Waals surface area contributed by atoms with Gasteiger partial charge in [-0.05, 0) is 41.6 Å². The van der Waals surface area contributed by atoms with Crippen LogP contribution in [0.3, 0.4) is 0 Å². The average Bonchev–Trinajstić information content (AvgIpc) is 3.27. The molecule has 0 saturated heterocycles. The van der Waals surface area contributed by atoms with E-state index in [0.29, 0.717) is 12.8 Å². The van der Waals surface area contributed by atoms with Crippen LogP contribution in [0.1, 0.15) is 37.0 Å². The molecule has 0 bridgehead atoms. The normalized spacial score (nSPS) is 12.7. The van der Waals surface area contributed by atoms with Crippen molar-refractivity contribution in [3.8, 4) is 0 Å². The fourth-order valence-corrected chi connectivity index (χ4v) is 4.66. The molecule has 0 radical (unpaired) electrons. The van der Waals surface area contributed by atoms with Crippen molar-refractivity contribution in [1.29, 1.82) is 0 Å². The van der Waals surface area contributed by atoms with Gasteiger partial charge >= 0.3 is 0 Å². The summed E-state index contributed by atoms with van der Waals surface area (Å²) in [4.78, 5) is 21.4. The molecule has 2 aromatic heterocycles. The van der Waals surface area contributed by atoms with E-state index in [1.807, 2.05) is 30.3 Å². The number of benzene rings is 2. The lowest BCUT2D eigenvalue weighted by molar-refractivity contribution is -0.122. The smallest absolute Gasteiger partial charge is 0.220 e. The maximum Gasteiger partial charge on any atom is 0.220 e. The molecule has 0 aliphatic heterocycles. The van der Waals surface area contributed by atoms with E-state index in [1.54, 1.807) is 12.1 Å². The Morgan fingerprint density at radius 2 is 2.04 bits per heavy atom. The van der Waals surface area contributed by atoms with Crippen LogP contribution in [0, 0.1) is 11.7 Å². The van der Waals surface area contributed by atoms with E-state index in [1.165, 1.54) is 17.4 Å². The van der Waals surface area contributed by atoms with Gasteiger partial charge in [0.15, 0.2) is 0 Å². The molecule has 0 saturated carbocycles. The molecule has 4 nitrogen and oxygen atoms in total. The Bertz CT molecular complexity index is 1100. The van der Waals surface area contributed by atoms with E-state index in [4.69, 9.17) is 0 Å². The molecule has 0 fully saturated rings. The summed E-state index contributed by atoms with van der Waals surface area (Å²) in [5, 5.41) is 4.15. The number of amides is 1. The number of para-hydroxylation sites is 2. The van der Waals surface area contributed by atoms with Gasteiger partial charge in [-0.1, -0.05) is 32.0 Å². The van der Waals surface area contributed by atoms with Crippen molar-refractivity contribution in [2.24, 2.45) is 5.92 Å². The molecule has 2 heterocycles. The number of aryl methyl sites for hydroxylation is 1. The number of hydrogen-bond acceptors (Lipinski definition) is 3. The van der Waals surface area contributed by atoms with Crippen LogP contribution in [-0.2, 0) is 11.2 Å². The van der Waals surface area contributed by atoms with Gasteiger partial charge in [0, 0.05) is 22.4 Å². The maximum absolute atomic E-state index is 13.5. The van der Waals surface area contributed by atoms with Crippen LogP contribution in [0.15, 0.2) is 48.5 Å². The van der Waals surface area contributed by atoms with Crippen molar-refractivity contribution in [2.75, 3.05) is 0 Å². The number of halogens is 1. The molecular weight excluding hydrogens is 373 g/mol. The quantitative estimate of drug-likeness (QED) is 0.461. The lowest BCUT2D eigenvalue weighted by Gasteiger charge is -2.21. The Kier molecular flexibility index (Phi) is 5.13. The number of carbonyl (C=O) groups is 1. The SMILES string of the molecule is CC(C)C(NC(=O)CCc1nc2ccccc2[nH]1)c1cc2ccc(F)cc2s1. The van der Waals surface area contributed by atoms with Crippen LogP contribution >= 0.6 is 11.3 Å². The number of nitrogens with zero attached hydrogens (tertiary/aromatic N) is 1. The first-order valence-corrected chi connectivity index (χ1v) is 10.2. The summed E-state index contributed by atoms with van der Waals surface area (Å²) in [7, 11) is 0. The molecule has 1 amide bonds. The fourth-order valence-electron chi connectivity index (χ4n) is 3.35. The number of aromatic nitrogens is 2. The Balaban J connectivity index is 1.45. The third-order valence-electron chi connectivity index (χ3n) is 4.82. The minimum atomic E-state index is -0.239. The minimum Gasteiger partial charge on any atom is -0.348 e. The molecule has 28 heavy (non-hydrogen) atoms. The third kappa shape index (κ3) is 3.92. The first-order chi connectivity index (χ1) is 13.5. The summed E-state index contributed by atoms with van der Waals surface area (Å²) in [6.45, 7) is 4.16. The molecule has 2 aromatic carbocycles. The van der Waals surface area contributed by atoms with Gasteiger partial charge in [-0.25, -0.2) is 9.37 Å². The van der Waals surface area contributed by atoms with E-state index in [0.717, 1.165) is 31.8 Å². The standard InChI is InChI=1S/C22H22FN3OS/c1-13(2)22(19-11-14-7-8-15(23)12-18(14)28-19)26-21(27)10-9-20-24-16-5-3-4-6-17(16)25-20/h3-8,11-13,22H,9-10H2,1-2H3,(H,24,25)(H,26,27). The summed E-state index contributed by atoms with van der Waals surface area (Å²) in [5.41, 5.74) is 1.89. The largest absolute Gasteiger partial charge is 0.348 e. The Morgan fingerprint density at radius 1 is 1.21 bits per heavy atom. The highest BCUT2D eigenvalue weighted by Crippen LogP contribution is 2.33. The second kappa shape index (κ2) is 7.72. The van der Waals surface area contributed by atoms with Gasteiger partial charge in [0.05, 0.1) is 17.1 Å². The fraction of sp³-hybridized carbons (Fsp3) is 0.273. The first kappa shape index (κ1) is 18.6. The second-order valence-corrected chi connectivity index (χ2v) is 8.44. The van der Waals surface area contributed by atoms with Crippen molar-refractivity contribution < 1.29 is 9.18 Å². The third-order valence-corrected chi connectivity index (χ3v) is 6.00. The first-order valence-electron chi connectivity index (χ1n) is 9.41. The number of thiophene rings is 1. The summed E-state index contributed by atoms with van der Waals surface area (Å²) < 4.78 is 14.4. The lowest BCUT2D eigenvalue weighted by Crippen LogP contribution is -2.31. The van der Waals surface area contributed by atoms with Crippen molar-refractivity contribution in [3.05, 3.63) is 65.0 Å². The molecule has 6 heteroatoms. The molecule has 4 rings (SSSR count). The van der Waals surface area contributed by atoms with Crippen LogP contribution in [0.5, 0.6) is 0 Å². The van der Waals surface area contributed by atoms with Crippen molar-refractivity contribution in [2.45, 2.75) is 32.7 Å². The van der Waals surface area contributed by atoms with E-state index in [9.17, 15) is 9.18 Å². The van der Waals surface area contributed by atoms with Gasteiger partial charge < -0.3 is 10.3 Å². The number of H-pyrrole nitrogens is 1. The average molecular weight is 396 g/mol. The Labute approximate surface area is 166 Å². The monoisotopic (exact) mass is 395 g/mol. The summed E-state index contributed by atoms with van der Waals surface area (Å²) in [6, 6.07) is 14.6. The predicted molar refractivity (Wildman–Crippen MR) is 112 cm³/mol. The van der Waals surface area contributed by atoms with Crippen LogP contribution in [0.2, 0.25) is 0 Å². The van der Waals surface area contributed by atoms with Crippen LogP contribution in [-0.4, -0.2) is 15.9 Å². The number of aromatic amines is 1. The van der Waals surface area contributed by atoms with E-state index < -0.39 is 0 Å². The molecule has 0 aliphatic rings. The molecule has 0 spiro atoms. The van der Waals surface area contributed by atoms with Gasteiger partial charge in [0.2, 0.25) is 5.91 Å². The van der Waals surface area contributed by atoms with E-state index in [2.05, 4.69) is 29.1 Å². The molecule has 1 atom stereocenters. The van der Waals surface area contributed by atoms with Crippen LogP contribution in [0.4, 0.5) is 4.39 Å².